The molecule has 24 heavy (non-hydrogen) atoms. The van der Waals surface area contributed by atoms with Crippen molar-refractivity contribution < 1.29 is 18.8 Å². The Bertz CT molecular complexity index is 681. The topological polar surface area (TPSA) is 64.8 Å². The van der Waals surface area contributed by atoms with Crippen molar-refractivity contribution in [1.29, 1.82) is 0 Å². The predicted molar refractivity (Wildman–Crippen MR) is 95.9 cm³/mol. The molecule has 0 radical (unpaired) electrons. The largest absolute Gasteiger partial charge is 0.470 e. The lowest BCUT2D eigenvalue weighted by molar-refractivity contribution is 0.110. The highest BCUT2D eigenvalue weighted by Gasteiger charge is 2.29. The van der Waals surface area contributed by atoms with Crippen molar-refractivity contribution in [2.45, 2.75) is 25.4 Å². The number of rotatable bonds is 4. The third kappa shape index (κ3) is 3.82. The van der Waals surface area contributed by atoms with E-state index in [4.69, 9.17) is 14.0 Å². The van der Waals surface area contributed by atoms with Gasteiger partial charge in [-0.3, -0.25) is 0 Å². The molecule has 1 aliphatic rings. The maximum absolute atomic E-state index is 11.5. The Kier molecular flexibility index (Phi) is 5.60. The van der Waals surface area contributed by atoms with Crippen LogP contribution in [0.1, 0.15) is 30.1 Å². The van der Waals surface area contributed by atoms with Crippen LogP contribution in [0, 0.1) is 3.57 Å². The number of nitrogens with zero attached hydrogens (tertiary/aromatic N) is 2. The number of amides is 1. The second-order valence-corrected chi connectivity index (χ2v) is 6.75. The zero-order valence-corrected chi connectivity index (χ0v) is 15.6. The van der Waals surface area contributed by atoms with Gasteiger partial charge in [0.15, 0.2) is 5.76 Å². The van der Waals surface area contributed by atoms with Gasteiger partial charge in [0.2, 0.25) is 0 Å². The maximum atomic E-state index is 11.5. The summed E-state index contributed by atoms with van der Waals surface area (Å²) in [7, 11) is 1.41. The van der Waals surface area contributed by atoms with Crippen LogP contribution in [0.15, 0.2) is 34.9 Å². The number of ether oxygens (including phenoxy) is 2. The minimum Gasteiger partial charge on any atom is -0.470 e. The Morgan fingerprint density at radius 1 is 1.33 bits per heavy atom. The second-order valence-electron chi connectivity index (χ2n) is 5.67. The van der Waals surface area contributed by atoms with Crippen LogP contribution in [0.4, 0.5) is 4.79 Å². The molecule has 0 spiro atoms. The predicted octanol–water partition coefficient (Wildman–Crippen LogP) is 3.80. The van der Waals surface area contributed by atoms with Crippen LogP contribution in [-0.4, -0.2) is 36.3 Å². The average molecular weight is 442 g/mol. The molecule has 3 rings (SSSR count). The number of halogens is 1. The van der Waals surface area contributed by atoms with Crippen molar-refractivity contribution >= 4 is 28.7 Å². The van der Waals surface area contributed by atoms with E-state index in [9.17, 15) is 4.79 Å². The molecule has 1 aromatic heterocycles. The summed E-state index contributed by atoms with van der Waals surface area (Å²) in [4.78, 5) is 13.3. The zero-order valence-electron chi connectivity index (χ0n) is 13.4. The number of aromatic nitrogens is 1. The molecular weight excluding hydrogens is 423 g/mol. The molecule has 128 valence electrons. The number of hydrogen-bond acceptors (Lipinski definition) is 5. The van der Waals surface area contributed by atoms with Gasteiger partial charge in [-0.1, -0.05) is 30.3 Å². The molecule has 1 fully saturated rings. The summed E-state index contributed by atoms with van der Waals surface area (Å²) in [6.45, 7) is 1.78. The first kappa shape index (κ1) is 17.1. The Hall–Kier alpha value is -1.77. The fraction of sp³-hybridized carbons (Fsp3) is 0.412. The van der Waals surface area contributed by atoms with Gasteiger partial charge in [-0.2, -0.15) is 0 Å². The minimum absolute atomic E-state index is 0.249. The van der Waals surface area contributed by atoms with Crippen molar-refractivity contribution in [3.8, 4) is 5.88 Å². The number of carbonyl (C=O) groups excluding carboxylic acids is 1. The number of carbonyl (C=O) groups is 1. The zero-order chi connectivity index (χ0) is 16.9. The lowest BCUT2D eigenvalue weighted by atomic mass is 9.94. The Balaban J connectivity index is 1.60. The van der Waals surface area contributed by atoms with E-state index in [-0.39, 0.29) is 12.0 Å². The van der Waals surface area contributed by atoms with Crippen LogP contribution >= 0.6 is 22.6 Å². The van der Waals surface area contributed by atoms with Gasteiger partial charge in [0.05, 0.1) is 7.11 Å². The minimum atomic E-state index is -0.271. The van der Waals surface area contributed by atoms with E-state index in [1.807, 2.05) is 30.3 Å². The maximum Gasteiger partial charge on any atom is 0.409 e. The van der Waals surface area contributed by atoms with E-state index in [0.29, 0.717) is 25.6 Å². The van der Waals surface area contributed by atoms with Gasteiger partial charge in [-0.25, -0.2) is 4.79 Å². The van der Waals surface area contributed by atoms with Gasteiger partial charge in [0, 0.05) is 19.0 Å². The normalized spacial score (nSPS) is 15.3. The molecular formula is C17H19IN2O4. The van der Waals surface area contributed by atoms with Crippen molar-refractivity contribution in [3.05, 3.63) is 45.2 Å². The quantitative estimate of drug-likeness (QED) is 0.675. The van der Waals surface area contributed by atoms with Crippen LogP contribution in [0.5, 0.6) is 5.88 Å². The van der Waals surface area contributed by atoms with Crippen LogP contribution in [0.3, 0.4) is 0 Å². The average Bonchev–Trinajstić information content (AvgIpc) is 3.01. The highest BCUT2D eigenvalue weighted by molar-refractivity contribution is 14.1. The summed E-state index contributed by atoms with van der Waals surface area (Å²) < 4.78 is 17.0. The molecule has 7 heteroatoms. The van der Waals surface area contributed by atoms with E-state index in [1.54, 1.807) is 4.90 Å². The molecule has 1 amide bonds. The van der Waals surface area contributed by atoms with E-state index in [0.717, 1.165) is 27.7 Å². The smallest absolute Gasteiger partial charge is 0.409 e. The number of piperidine rings is 1. The second kappa shape index (κ2) is 7.87. The van der Waals surface area contributed by atoms with Gasteiger partial charge < -0.3 is 18.9 Å². The van der Waals surface area contributed by atoms with Crippen LogP contribution in [0.2, 0.25) is 0 Å². The number of benzene rings is 1. The summed E-state index contributed by atoms with van der Waals surface area (Å²) in [6.07, 6.45) is 1.39. The molecule has 0 aliphatic carbocycles. The Morgan fingerprint density at radius 3 is 2.71 bits per heavy atom. The summed E-state index contributed by atoms with van der Waals surface area (Å²) in [5.74, 6) is 1.63. The summed E-state index contributed by atoms with van der Waals surface area (Å²) in [5, 5.41) is 4.07. The molecule has 0 atom stereocenters. The SMILES string of the molecule is COC(=O)N1CCC(c2onc(OCc3ccccc3)c2I)CC1. The third-order valence-electron chi connectivity index (χ3n) is 4.15. The standard InChI is InChI=1S/C17H19IN2O4/c1-22-17(21)20-9-7-13(8-10-20)15-14(18)16(19-24-15)23-11-12-5-3-2-4-6-12/h2-6,13H,7-11H2,1H3. The number of methoxy groups -OCH3 is 1. The van der Waals surface area contributed by atoms with Crippen molar-refractivity contribution in [1.82, 2.24) is 10.1 Å². The first-order chi connectivity index (χ1) is 11.7. The van der Waals surface area contributed by atoms with E-state index >= 15 is 0 Å². The van der Waals surface area contributed by atoms with Gasteiger partial charge in [0.1, 0.15) is 10.2 Å². The van der Waals surface area contributed by atoms with Crippen molar-refractivity contribution in [2.24, 2.45) is 0 Å². The van der Waals surface area contributed by atoms with Gasteiger partial charge in [0.25, 0.3) is 5.88 Å². The highest BCUT2D eigenvalue weighted by Crippen LogP contribution is 2.35. The molecule has 0 saturated carbocycles. The number of likely N-dealkylation sites (tertiary alicyclic amines) is 1. The summed E-state index contributed by atoms with van der Waals surface area (Å²) in [6, 6.07) is 9.95. The van der Waals surface area contributed by atoms with Crippen molar-refractivity contribution in [3.63, 3.8) is 0 Å². The molecule has 6 nitrogen and oxygen atoms in total. The van der Waals surface area contributed by atoms with E-state index in [1.165, 1.54) is 7.11 Å². The monoisotopic (exact) mass is 442 g/mol. The Labute approximate surface area is 154 Å². The molecule has 2 heterocycles. The number of hydrogen-bond donors (Lipinski definition) is 0. The third-order valence-corrected chi connectivity index (χ3v) is 5.14. The first-order valence-electron chi connectivity index (χ1n) is 7.83. The van der Waals surface area contributed by atoms with Crippen LogP contribution in [-0.2, 0) is 11.3 Å². The van der Waals surface area contributed by atoms with E-state index < -0.39 is 0 Å². The fourth-order valence-corrected chi connectivity index (χ4v) is 3.59. The highest BCUT2D eigenvalue weighted by atomic mass is 127. The summed E-state index contributed by atoms with van der Waals surface area (Å²) in [5.41, 5.74) is 1.09. The van der Waals surface area contributed by atoms with Gasteiger partial charge in [-0.15, -0.1) is 0 Å². The Morgan fingerprint density at radius 2 is 2.04 bits per heavy atom. The van der Waals surface area contributed by atoms with Crippen LogP contribution in [0.25, 0.3) is 0 Å². The lowest BCUT2D eigenvalue weighted by Gasteiger charge is -2.29. The molecule has 2 aromatic rings. The molecule has 0 bridgehead atoms. The molecule has 0 N–H and O–H groups in total. The lowest BCUT2D eigenvalue weighted by Crippen LogP contribution is -2.37. The van der Waals surface area contributed by atoms with Gasteiger partial charge >= 0.3 is 6.09 Å². The van der Waals surface area contributed by atoms with E-state index in [2.05, 4.69) is 27.7 Å². The fourth-order valence-electron chi connectivity index (χ4n) is 2.80. The van der Waals surface area contributed by atoms with Crippen molar-refractivity contribution in [2.75, 3.05) is 20.2 Å². The molecule has 1 saturated heterocycles. The first-order valence-corrected chi connectivity index (χ1v) is 8.91. The van der Waals surface area contributed by atoms with Crippen LogP contribution < -0.4 is 4.74 Å². The molecule has 0 unspecified atom stereocenters. The molecule has 1 aliphatic heterocycles. The molecule has 1 aromatic carbocycles. The van der Waals surface area contributed by atoms with Gasteiger partial charge in [-0.05, 0) is 46.2 Å². The summed E-state index contributed by atoms with van der Waals surface area (Å²) >= 11 is 2.22.